The Morgan fingerprint density at radius 3 is 2.59 bits per heavy atom. The summed E-state index contributed by atoms with van der Waals surface area (Å²) in [7, 11) is 1.56. The van der Waals surface area contributed by atoms with Crippen LogP contribution < -0.4 is 20.7 Å². The molecule has 5 aliphatic rings. The number of methoxy groups -OCH3 is 1. The predicted molar refractivity (Wildman–Crippen MR) is 214 cm³/mol. The van der Waals surface area contributed by atoms with Crippen LogP contribution in [0.3, 0.4) is 0 Å². The van der Waals surface area contributed by atoms with Gasteiger partial charge in [0.05, 0.1) is 30.1 Å². The Hall–Kier alpha value is -6.16. The topological polar surface area (TPSA) is 193 Å². The van der Waals surface area contributed by atoms with E-state index in [1.165, 1.54) is 6.20 Å². The van der Waals surface area contributed by atoms with Crippen LogP contribution in [0, 0.1) is 11.3 Å². The largest absolute Gasteiger partial charge is 0.494 e. The lowest BCUT2D eigenvalue weighted by atomic mass is 9.60. The maximum atomic E-state index is 13.6. The molecular formula is C43H45N9O7. The molecule has 16 nitrogen and oxygen atoms in total. The molecule has 59 heavy (non-hydrogen) atoms. The molecule has 3 N–H and O–H groups in total. The van der Waals surface area contributed by atoms with Crippen molar-refractivity contribution >= 4 is 57.7 Å². The second-order valence-electron chi connectivity index (χ2n) is 16.9. The first-order valence-electron chi connectivity index (χ1n) is 20.6. The van der Waals surface area contributed by atoms with E-state index in [0.29, 0.717) is 56.5 Å². The van der Waals surface area contributed by atoms with Crippen LogP contribution in [0.5, 0.6) is 5.75 Å². The highest BCUT2D eigenvalue weighted by Gasteiger charge is 2.48. The molecule has 6 heterocycles. The van der Waals surface area contributed by atoms with Crippen LogP contribution in [-0.2, 0) is 9.59 Å². The van der Waals surface area contributed by atoms with E-state index < -0.39 is 23.8 Å². The van der Waals surface area contributed by atoms with Gasteiger partial charge in [0, 0.05) is 55.1 Å². The number of amides is 5. The zero-order chi connectivity index (χ0) is 40.4. The van der Waals surface area contributed by atoms with E-state index in [1.54, 1.807) is 54.4 Å². The number of piperidine rings is 2. The zero-order valence-electron chi connectivity index (χ0n) is 32.7. The first-order valence-corrected chi connectivity index (χ1v) is 20.6. The molecule has 2 saturated carbocycles. The van der Waals surface area contributed by atoms with Crippen molar-refractivity contribution in [2.75, 3.05) is 37.4 Å². The van der Waals surface area contributed by atoms with Crippen molar-refractivity contribution < 1.29 is 33.1 Å². The highest BCUT2D eigenvalue weighted by Crippen LogP contribution is 2.51. The van der Waals surface area contributed by atoms with E-state index in [1.807, 2.05) is 6.07 Å². The average Bonchev–Trinajstić information content (AvgIpc) is 3.92. The summed E-state index contributed by atoms with van der Waals surface area (Å²) in [5, 5.41) is 13.0. The fraction of sp³-hybridized carbons (Fsp3) is 0.442. The lowest BCUT2D eigenvalue weighted by Gasteiger charge is -2.53. The van der Waals surface area contributed by atoms with E-state index >= 15 is 0 Å². The lowest BCUT2D eigenvalue weighted by molar-refractivity contribution is -0.136. The van der Waals surface area contributed by atoms with Crippen LogP contribution in [0.25, 0.3) is 16.7 Å². The molecule has 0 bridgehead atoms. The van der Waals surface area contributed by atoms with Crippen LogP contribution in [0.2, 0.25) is 0 Å². The minimum atomic E-state index is -0.981. The van der Waals surface area contributed by atoms with Crippen molar-refractivity contribution in [2.24, 2.45) is 11.3 Å². The number of likely N-dealkylation sites (tertiary alicyclic amines) is 1. The van der Waals surface area contributed by atoms with E-state index in [0.717, 1.165) is 81.8 Å². The number of rotatable bonds is 9. The molecule has 3 aliphatic heterocycles. The number of fused-ring (bicyclic) bond motifs is 3. The number of nitrogens with one attached hydrogen (secondary N) is 3. The quantitative estimate of drug-likeness (QED) is 0.166. The van der Waals surface area contributed by atoms with Gasteiger partial charge in [-0.05, 0) is 100 Å². The molecule has 16 heteroatoms. The van der Waals surface area contributed by atoms with Crippen LogP contribution in [0.4, 0.5) is 11.4 Å². The number of carbonyl (C=O) groups is 5. The molecule has 10 rings (SSSR count). The van der Waals surface area contributed by atoms with Gasteiger partial charge in [-0.15, -0.1) is 0 Å². The normalized spacial score (nSPS) is 23.4. The van der Waals surface area contributed by atoms with Gasteiger partial charge < -0.3 is 24.7 Å². The molecule has 2 aromatic carbocycles. The Balaban J connectivity index is 0.704. The zero-order valence-corrected chi connectivity index (χ0v) is 32.7. The third kappa shape index (κ3) is 6.68. The molecule has 2 aliphatic carbocycles. The van der Waals surface area contributed by atoms with Gasteiger partial charge in [-0.1, -0.05) is 6.07 Å². The van der Waals surface area contributed by atoms with Crippen molar-refractivity contribution in [2.45, 2.75) is 82.2 Å². The maximum absolute atomic E-state index is 13.6. The number of carbonyl (C=O) groups excluding carboxylic acids is 5. The first-order chi connectivity index (χ1) is 28.6. The number of ether oxygens (including phenoxy) is 1. The summed E-state index contributed by atoms with van der Waals surface area (Å²) in [5.74, 6) is -0.239. The second kappa shape index (κ2) is 14.6. The fourth-order valence-corrected chi connectivity index (χ4v) is 10.1. The standard InChI is InChI=1S/C43H45N9O7/c1-58-33-18-31-34(19-30(33)47-38(54)28-22-45-51-15-3-14-44-37(28)51)59-40(48-31)25-8-6-24(7-9-25)23-50-16-12-43(13-17-50)20-26(21-43)46-29-5-2-4-27-36(29)42(57)52(41(27)56)32-10-11-35(53)49-39(32)55/h2-5,14-15,18-19,22,24-26,32,46H,6-13,16-17,20-21,23H2,1H3,(H,47,54)(H,49,53,55). The van der Waals surface area contributed by atoms with Crippen LogP contribution in [0.1, 0.15) is 107 Å². The van der Waals surface area contributed by atoms with Gasteiger partial charge in [-0.25, -0.2) is 14.5 Å². The van der Waals surface area contributed by atoms with Gasteiger partial charge in [-0.2, -0.15) is 5.10 Å². The summed E-state index contributed by atoms with van der Waals surface area (Å²) < 4.78 is 13.5. The summed E-state index contributed by atoms with van der Waals surface area (Å²) in [4.78, 5) is 77.0. The van der Waals surface area contributed by atoms with Crippen molar-refractivity contribution in [3.8, 4) is 5.75 Å². The number of benzene rings is 2. The number of nitrogens with zero attached hydrogens (tertiary/aromatic N) is 6. The van der Waals surface area contributed by atoms with E-state index in [-0.39, 0.29) is 42.0 Å². The molecule has 0 radical (unpaired) electrons. The SMILES string of the molecule is COc1cc2nc(C3CCC(CN4CCC5(CC4)CC(Nc4cccc6c4C(=O)N(C4CCC(=O)NC4=O)C6=O)C5)CC3)oc2cc1NC(=O)c1cnn2cccnc12. The summed E-state index contributed by atoms with van der Waals surface area (Å²) >= 11 is 0. The van der Waals surface area contributed by atoms with E-state index in [9.17, 15) is 24.0 Å². The predicted octanol–water partition coefficient (Wildman–Crippen LogP) is 5.16. The summed E-state index contributed by atoms with van der Waals surface area (Å²) in [6, 6.07) is 9.79. The van der Waals surface area contributed by atoms with Crippen molar-refractivity contribution in [3.63, 3.8) is 0 Å². The highest BCUT2D eigenvalue weighted by molar-refractivity contribution is 6.25. The molecule has 1 spiro atoms. The Morgan fingerprint density at radius 2 is 1.81 bits per heavy atom. The fourth-order valence-electron chi connectivity index (χ4n) is 10.1. The molecule has 5 aromatic rings. The third-order valence-corrected chi connectivity index (χ3v) is 13.3. The smallest absolute Gasteiger partial charge is 0.264 e. The first kappa shape index (κ1) is 37.1. The molecule has 304 valence electrons. The van der Waals surface area contributed by atoms with Gasteiger partial charge in [0.25, 0.3) is 17.7 Å². The van der Waals surface area contributed by atoms with Crippen molar-refractivity contribution in [1.29, 1.82) is 0 Å². The Morgan fingerprint density at radius 1 is 1.00 bits per heavy atom. The molecule has 4 fully saturated rings. The Kier molecular flexibility index (Phi) is 9.18. The second-order valence-corrected chi connectivity index (χ2v) is 16.9. The van der Waals surface area contributed by atoms with Crippen LogP contribution >= 0.6 is 0 Å². The number of hydrogen-bond acceptors (Lipinski definition) is 12. The minimum absolute atomic E-state index is 0.0909. The molecule has 3 aromatic heterocycles. The van der Waals surface area contributed by atoms with Gasteiger partial charge in [0.1, 0.15) is 22.9 Å². The summed E-state index contributed by atoms with van der Waals surface area (Å²) in [5.41, 5.74) is 4.12. The Bertz CT molecular complexity index is 2520. The number of aromatic nitrogens is 4. The lowest BCUT2D eigenvalue weighted by Crippen LogP contribution is -2.54. The van der Waals surface area contributed by atoms with Crippen LogP contribution in [0.15, 0.2) is 59.4 Å². The maximum Gasteiger partial charge on any atom is 0.264 e. The van der Waals surface area contributed by atoms with Gasteiger partial charge >= 0.3 is 0 Å². The minimum Gasteiger partial charge on any atom is -0.494 e. The summed E-state index contributed by atoms with van der Waals surface area (Å²) in [6.45, 7) is 3.23. The summed E-state index contributed by atoms with van der Waals surface area (Å²) in [6.07, 6.45) is 13.6. The number of anilines is 2. The van der Waals surface area contributed by atoms with Gasteiger partial charge in [0.15, 0.2) is 17.1 Å². The van der Waals surface area contributed by atoms with Crippen molar-refractivity contribution in [1.82, 2.24) is 34.7 Å². The van der Waals surface area contributed by atoms with Gasteiger partial charge in [-0.3, -0.25) is 34.2 Å². The molecule has 5 amide bonds. The third-order valence-electron chi connectivity index (χ3n) is 13.3. The average molecular weight is 800 g/mol. The molecular weight excluding hydrogens is 755 g/mol. The van der Waals surface area contributed by atoms with Crippen LogP contribution in [-0.4, -0.2) is 97.7 Å². The molecule has 1 unspecified atom stereocenters. The molecule has 2 saturated heterocycles. The number of imide groups is 2. The van der Waals surface area contributed by atoms with Crippen molar-refractivity contribution in [3.05, 3.63) is 77.6 Å². The number of oxazole rings is 1. The molecule has 1 atom stereocenters. The highest BCUT2D eigenvalue weighted by atomic mass is 16.5. The van der Waals surface area contributed by atoms with Gasteiger partial charge in [0.2, 0.25) is 11.8 Å². The number of hydrogen-bond donors (Lipinski definition) is 3. The van der Waals surface area contributed by atoms with E-state index in [2.05, 4.69) is 30.9 Å². The van der Waals surface area contributed by atoms with E-state index in [4.69, 9.17) is 14.1 Å². The monoisotopic (exact) mass is 799 g/mol. The Labute approximate surface area is 339 Å².